The molecule has 0 radical (unpaired) electrons. The zero-order valence-corrected chi connectivity index (χ0v) is 12.1. The topological polar surface area (TPSA) is 41.1 Å². The second kappa shape index (κ2) is 6.35. The summed E-state index contributed by atoms with van der Waals surface area (Å²) >= 11 is 0. The highest BCUT2D eigenvalue weighted by atomic mass is 16.1. The molecule has 0 heterocycles. The summed E-state index contributed by atoms with van der Waals surface area (Å²) in [5, 5.41) is 6.20. The van der Waals surface area contributed by atoms with E-state index in [-0.39, 0.29) is 11.9 Å². The zero-order valence-electron chi connectivity index (χ0n) is 12.1. The lowest BCUT2D eigenvalue weighted by atomic mass is 10.0. The van der Waals surface area contributed by atoms with Gasteiger partial charge in [0.05, 0.1) is 0 Å². The van der Waals surface area contributed by atoms with Gasteiger partial charge in [-0.3, -0.25) is 4.79 Å². The van der Waals surface area contributed by atoms with Gasteiger partial charge in [-0.25, -0.2) is 0 Å². The van der Waals surface area contributed by atoms with Gasteiger partial charge in [-0.2, -0.15) is 0 Å². The van der Waals surface area contributed by atoms with Crippen molar-refractivity contribution in [2.24, 2.45) is 0 Å². The molecule has 0 aliphatic carbocycles. The highest BCUT2D eigenvalue weighted by Gasteiger charge is 2.13. The molecule has 2 aromatic rings. The summed E-state index contributed by atoms with van der Waals surface area (Å²) in [5.41, 5.74) is 3.61. The first-order valence-corrected chi connectivity index (χ1v) is 6.76. The Labute approximate surface area is 120 Å². The molecule has 1 amide bonds. The number of nitrogens with one attached hydrogen (secondary N) is 2. The van der Waals surface area contributed by atoms with E-state index in [9.17, 15) is 4.79 Å². The standard InChI is InChI=1S/C17H20N2O/c1-12-8-4-5-9-14(12)17(20)19-16-11-7-6-10-15(16)13(2)18-3/h4-11,13,18H,1-3H3,(H,19,20). The van der Waals surface area contributed by atoms with Gasteiger partial charge in [-0.1, -0.05) is 36.4 Å². The SMILES string of the molecule is CNC(C)c1ccccc1NC(=O)c1ccccc1C. The van der Waals surface area contributed by atoms with Crippen molar-refractivity contribution in [2.45, 2.75) is 19.9 Å². The van der Waals surface area contributed by atoms with Gasteiger partial charge in [-0.05, 0) is 44.2 Å². The van der Waals surface area contributed by atoms with Crippen LogP contribution >= 0.6 is 0 Å². The molecule has 1 atom stereocenters. The summed E-state index contributed by atoms with van der Waals surface area (Å²) in [4.78, 5) is 12.4. The van der Waals surface area contributed by atoms with Gasteiger partial charge < -0.3 is 10.6 Å². The molecule has 0 saturated heterocycles. The van der Waals surface area contributed by atoms with Crippen LogP contribution in [0.5, 0.6) is 0 Å². The first-order chi connectivity index (χ1) is 9.63. The number of benzene rings is 2. The summed E-state index contributed by atoms with van der Waals surface area (Å²) < 4.78 is 0. The van der Waals surface area contributed by atoms with Gasteiger partial charge >= 0.3 is 0 Å². The van der Waals surface area contributed by atoms with Crippen LogP contribution in [-0.2, 0) is 0 Å². The number of hydrogen-bond acceptors (Lipinski definition) is 2. The van der Waals surface area contributed by atoms with Crippen LogP contribution in [0.25, 0.3) is 0 Å². The third-order valence-corrected chi connectivity index (χ3v) is 3.50. The number of hydrogen-bond donors (Lipinski definition) is 2. The fraction of sp³-hybridized carbons (Fsp3) is 0.235. The Bertz CT molecular complexity index is 607. The molecule has 0 aromatic heterocycles. The Morgan fingerprint density at radius 2 is 1.70 bits per heavy atom. The molecule has 3 nitrogen and oxygen atoms in total. The fourth-order valence-electron chi connectivity index (χ4n) is 2.16. The predicted molar refractivity (Wildman–Crippen MR) is 83.0 cm³/mol. The lowest BCUT2D eigenvalue weighted by Crippen LogP contribution is -2.18. The van der Waals surface area contributed by atoms with Crippen LogP contribution in [0.2, 0.25) is 0 Å². The summed E-state index contributed by atoms with van der Waals surface area (Å²) in [5.74, 6) is -0.0705. The molecule has 20 heavy (non-hydrogen) atoms. The monoisotopic (exact) mass is 268 g/mol. The van der Waals surface area contributed by atoms with E-state index in [1.807, 2.05) is 62.5 Å². The maximum atomic E-state index is 12.4. The molecule has 0 bridgehead atoms. The Morgan fingerprint density at radius 1 is 1.05 bits per heavy atom. The van der Waals surface area contributed by atoms with E-state index in [0.717, 1.165) is 16.8 Å². The van der Waals surface area contributed by atoms with E-state index >= 15 is 0 Å². The molecule has 1 unspecified atom stereocenters. The predicted octanol–water partition coefficient (Wildman–Crippen LogP) is 3.53. The molecule has 0 saturated carbocycles. The first-order valence-electron chi connectivity index (χ1n) is 6.76. The molecular formula is C17H20N2O. The highest BCUT2D eigenvalue weighted by Crippen LogP contribution is 2.23. The van der Waals surface area contributed by atoms with E-state index in [0.29, 0.717) is 5.56 Å². The molecule has 0 fully saturated rings. The average Bonchev–Trinajstić information content (AvgIpc) is 2.47. The number of anilines is 1. The van der Waals surface area contributed by atoms with Gasteiger partial charge in [0.25, 0.3) is 5.91 Å². The Kier molecular flexibility index (Phi) is 4.53. The number of aryl methyl sites for hydroxylation is 1. The normalized spacial score (nSPS) is 11.9. The second-order valence-corrected chi connectivity index (χ2v) is 4.87. The summed E-state index contributed by atoms with van der Waals surface area (Å²) in [6, 6.07) is 15.6. The maximum absolute atomic E-state index is 12.4. The van der Waals surface area contributed by atoms with Crippen molar-refractivity contribution >= 4 is 11.6 Å². The molecule has 2 rings (SSSR count). The zero-order chi connectivity index (χ0) is 14.5. The van der Waals surface area contributed by atoms with Crippen LogP contribution in [0.4, 0.5) is 5.69 Å². The van der Waals surface area contributed by atoms with E-state index in [1.165, 1.54) is 0 Å². The molecule has 0 spiro atoms. The van der Waals surface area contributed by atoms with E-state index in [2.05, 4.69) is 17.6 Å². The Morgan fingerprint density at radius 3 is 2.40 bits per heavy atom. The van der Waals surface area contributed by atoms with Crippen LogP contribution in [0.1, 0.15) is 34.5 Å². The van der Waals surface area contributed by atoms with Crippen molar-refractivity contribution < 1.29 is 4.79 Å². The van der Waals surface area contributed by atoms with Crippen molar-refractivity contribution in [3.8, 4) is 0 Å². The van der Waals surface area contributed by atoms with Crippen LogP contribution in [0.3, 0.4) is 0 Å². The number of carbonyl (C=O) groups excluding carboxylic acids is 1. The number of rotatable bonds is 4. The largest absolute Gasteiger partial charge is 0.322 e. The highest BCUT2D eigenvalue weighted by molar-refractivity contribution is 6.05. The van der Waals surface area contributed by atoms with Crippen molar-refractivity contribution in [3.05, 3.63) is 65.2 Å². The lowest BCUT2D eigenvalue weighted by Gasteiger charge is -2.16. The average molecular weight is 268 g/mol. The number of carbonyl (C=O) groups is 1. The minimum absolute atomic E-state index is 0.0705. The smallest absolute Gasteiger partial charge is 0.255 e. The van der Waals surface area contributed by atoms with E-state index in [1.54, 1.807) is 0 Å². The van der Waals surface area contributed by atoms with Crippen LogP contribution in [0.15, 0.2) is 48.5 Å². The van der Waals surface area contributed by atoms with E-state index < -0.39 is 0 Å². The van der Waals surface area contributed by atoms with Gasteiger partial charge in [-0.15, -0.1) is 0 Å². The van der Waals surface area contributed by atoms with Crippen LogP contribution < -0.4 is 10.6 Å². The van der Waals surface area contributed by atoms with Gasteiger partial charge in [0.1, 0.15) is 0 Å². The summed E-state index contributed by atoms with van der Waals surface area (Å²) in [6.45, 7) is 4.01. The molecule has 2 aromatic carbocycles. The minimum atomic E-state index is -0.0705. The molecule has 2 N–H and O–H groups in total. The van der Waals surface area contributed by atoms with Crippen molar-refractivity contribution in [1.29, 1.82) is 0 Å². The molecule has 0 aliphatic rings. The summed E-state index contributed by atoms with van der Waals surface area (Å²) in [7, 11) is 1.91. The van der Waals surface area contributed by atoms with Crippen LogP contribution in [-0.4, -0.2) is 13.0 Å². The molecule has 104 valence electrons. The molecule has 3 heteroatoms. The van der Waals surface area contributed by atoms with Crippen molar-refractivity contribution in [1.82, 2.24) is 5.32 Å². The Balaban J connectivity index is 2.27. The number of para-hydroxylation sites is 1. The third-order valence-electron chi connectivity index (χ3n) is 3.50. The number of amides is 1. The van der Waals surface area contributed by atoms with Gasteiger partial charge in [0.2, 0.25) is 0 Å². The first kappa shape index (κ1) is 14.3. The third kappa shape index (κ3) is 3.06. The van der Waals surface area contributed by atoms with Gasteiger partial charge in [0, 0.05) is 17.3 Å². The fourth-order valence-corrected chi connectivity index (χ4v) is 2.16. The Hall–Kier alpha value is -2.13. The quantitative estimate of drug-likeness (QED) is 0.890. The maximum Gasteiger partial charge on any atom is 0.255 e. The second-order valence-electron chi connectivity index (χ2n) is 4.87. The van der Waals surface area contributed by atoms with Crippen molar-refractivity contribution in [2.75, 3.05) is 12.4 Å². The van der Waals surface area contributed by atoms with Crippen LogP contribution in [0, 0.1) is 6.92 Å². The molecule has 0 aliphatic heterocycles. The van der Waals surface area contributed by atoms with E-state index in [4.69, 9.17) is 0 Å². The minimum Gasteiger partial charge on any atom is -0.322 e. The molecular weight excluding hydrogens is 248 g/mol. The lowest BCUT2D eigenvalue weighted by molar-refractivity contribution is 0.102. The van der Waals surface area contributed by atoms with Crippen molar-refractivity contribution in [3.63, 3.8) is 0 Å². The van der Waals surface area contributed by atoms with Gasteiger partial charge in [0.15, 0.2) is 0 Å². The summed E-state index contributed by atoms with van der Waals surface area (Å²) in [6.07, 6.45) is 0.